The van der Waals surface area contributed by atoms with Crippen LogP contribution in [0.3, 0.4) is 0 Å². The summed E-state index contributed by atoms with van der Waals surface area (Å²) in [6.07, 6.45) is 3.78. The number of ether oxygens (including phenoxy) is 1. The first kappa shape index (κ1) is 22.6. The molecule has 4 N–H and O–H groups in total. The van der Waals surface area contributed by atoms with Crippen molar-refractivity contribution in [3.8, 4) is 5.75 Å². The Bertz CT molecular complexity index is 859. The van der Waals surface area contributed by atoms with E-state index in [1.165, 1.54) is 24.8 Å². The number of rotatable bonds is 8. The van der Waals surface area contributed by atoms with Crippen LogP contribution in [0.4, 0.5) is 0 Å². The zero-order valence-corrected chi connectivity index (χ0v) is 18.4. The van der Waals surface area contributed by atoms with Crippen molar-refractivity contribution in [1.82, 2.24) is 15.5 Å². The van der Waals surface area contributed by atoms with E-state index in [2.05, 4.69) is 32.7 Å². The Morgan fingerprint density at radius 2 is 1.74 bits per heavy atom. The molecule has 0 spiro atoms. The van der Waals surface area contributed by atoms with Crippen LogP contribution in [-0.4, -0.2) is 50.6 Å². The quantitative estimate of drug-likeness (QED) is 0.449. The fourth-order valence-corrected chi connectivity index (χ4v) is 3.90. The number of benzene rings is 2. The van der Waals surface area contributed by atoms with E-state index in [0.717, 1.165) is 36.9 Å². The van der Waals surface area contributed by atoms with Crippen LogP contribution in [0, 0.1) is 0 Å². The van der Waals surface area contributed by atoms with Crippen molar-refractivity contribution < 1.29 is 9.53 Å². The highest BCUT2D eigenvalue weighted by atomic mass is 16.5. The summed E-state index contributed by atoms with van der Waals surface area (Å²) in [6, 6.07) is 15.9. The summed E-state index contributed by atoms with van der Waals surface area (Å²) in [5, 5.41) is 6.83. The Labute approximate surface area is 184 Å². The van der Waals surface area contributed by atoms with Gasteiger partial charge in [0.25, 0.3) is 0 Å². The van der Waals surface area contributed by atoms with Gasteiger partial charge in [0, 0.05) is 25.7 Å². The van der Waals surface area contributed by atoms with Crippen molar-refractivity contribution in [3.63, 3.8) is 0 Å². The number of likely N-dealkylation sites (tertiary alicyclic amines) is 1. The van der Waals surface area contributed by atoms with Crippen LogP contribution in [0.2, 0.25) is 0 Å². The summed E-state index contributed by atoms with van der Waals surface area (Å²) in [7, 11) is 3.46. The second-order valence-electron chi connectivity index (χ2n) is 7.75. The molecule has 2 aromatic rings. The average Bonchev–Trinajstić information content (AvgIpc) is 2.82. The van der Waals surface area contributed by atoms with Gasteiger partial charge in [-0.05, 0) is 61.3 Å². The monoisotopic (exact) mass is 423 g/mol. The van der Waals surface area contributed by atoms with Gasteiger partial charge < -0.3 is 21.1 Å². The molecule has 0 bridgehead atoms. The van der Waals surface area contributed by atoms with Crippen LogP contribution < -0.4 is 21.1 Å². The van der Waals surface area contributed by atoms with Crippen molar-refractivity contribution in [2.75, 3.05) is 33.8 Å². The number of methoxy groups -OCH3 is 1. The second-order valence-corrected chi connectivity index (χ2v) is 7.75. The molecule has 0 radical (unpaired) electrons. The van der Waals surface area contributed by atoms with Gasteiger partial charge in [-0.15, -0.1) is 0 Å². The number of hydrogen-bond acceptors (Lipinski definition) is 4. The number of nitrogens with zero attached hydrogens (tertiary/aromatic N) is 2. The number of guanidine groups is 1. The van der Waals surface area contributed by atoms with Crippen LogP contribution in [-0.2, 0) is 6.54 Å². The van der Waals surface area contributed by atoms with Crippen molar-refractivity contribution in [3.05, 3.63) is 65.2 Å². The van der Waals surface area contributed by atoms with Gasteiger partial charge in [-0.3, -0.25) is 14.7 Å². The molecule has 7 nitrogen and oxygen atoms in total. The molecule has 1 amide bonds. The Balaban J connectivity index is 1.61. The van der Waals surface area contributed by atoms with E-state index in [0.29, 0.717) is 12.1 Å². The van der Waals surface area contributed by atoms with Crippen LogP contribution in [0.1, 0.15) is 46.8 Å². The molecule has 2 aromatic carbocycles. The largest absolute Gasteiger partial charge is 0.497 e. The van der Waals surface area contributed by atoms with E-state index < -0.39 is 5.91 Å². The first-order valence-corrected chi connectivity index (χ1v) is 10.8. The third-order valence-electron chi connectivity index (χ3n) is 5.72. The van der Waals surface area contributed by atoms with Gasteiger partial charge in [0.15, 0.2) is 5.96 Å². The Morgan fingerprint density at radius 1 is 1.06 bits per heavy atom. The summed E-state index contributed by atoms with van der Waals surface area (Å²) in [5.41, 5.74) is 8.14. The summed E-state index contributed by atoms with van der Waals surface area (Å²) in [5.74, 6) is 1.20. The van der Waals surface area contributed by atoms with Crippen molar-refractivity contribution in [2.24, 2.45) is 10.7 Å². The van der Waals surface area contributed by atoms with Gasteiger partial charge in [0.1, 0.15) is 5.75 Å². The van der Waals surface area contributed by atoms with Crippen molar-refractivity contribution >= 4 is 11.9 Å². The number of carbonyl (C=O) groups is 1. The van der Waals surface area contributed by atoms with Crippen LogP contribution >= 0.6 is 0 Å². The number of primary amides is 1. The number of piperidine rings is 1. The van der Waals surface area contributed by atoms with Gasteiger partial charge in [0.2, 0.25) is 5.91 Å². The first-order chi connectivity index (χ1) is 15.1. The van der Waals surface area contributed by atoms with Gasteiger partial charge in [-0.25, -0.2) is 0 Å². The highest BCUT2D eigenvalue weighted by Gasteiger charge is 2.22. The number of nitrogens with two attached hydrogens (primary N) is 1. The lowest BCUT2D eigenvalue weighted by molar-refractivity contribution is 0.100. The average molecular weight is 424 g/mol. The summed E-state index contributed by atoms with van der Waals surface area (Å²) < 4.78 is 5.32. The standard InChI is InChI=1S/C24H33N5O2/c1-26-24(27-16-18-6-8-20(9-7-18)23(25)30)28-17-22(29-14-4-3-5-15-29)19-10-12-21(31-2)13-11-19/h6-13,22H,3-5,14-17H2,1-2H3,(H2,25,30)(H2,26,27,28). The van der Waals surface area contributed by atoms with Crippen molar-refractivity contribution in [1.29, 1.82) is 0 Å². The van der Waals surface area contributed by atoms with Gasteiger partial charge >= 0.3 is 0 Å². The predicted molar refractivity (Wildman–Crippen MR) is 124 cm³/mol. The Kier molecular flexibility index (Phi) is 8.29. The number of hydrogen-bond donors (Lipinski definition) is 3. The molecular weight excluding hydrogens is 390 g/mol. The molecule has 3 rings (SSSR count). The molecule has 31 heavy (non-hydrogen) atoms. The molecule has 1 aliphatic rings. The molecule has 1 unspecified atom stereocenters. The van der Waals surface area contributed by atoms with E-state index >= 15 is 0 Å². The summed E-state index contributed by atoms with van der Waals surface area (Å²) >= 11 is 0. The lowest BCUT2D eigenvalue weighted by Crippen LogP contribution is -2.44. The van der Waals surface area contributed by atoms with Gasteiger partial charge in [-0.2, -0.15) is 0 Å². The maximum Gasteiger partial charge on any atom is 0.248 e. The number of aliphatic imine (C=N–C) groups is 1. The number of nitrogens with one attached hydrogen (secondary N) is 2. The van der Waals surface area contributed by atoms with Crippen LogP contribution in [0.15, 0.2) is 53.5 Å². The van der Waals surface area contributed by atoms with E-state index in [1.807, 2.05) is 24.3 Å². The van der Waals surface area contributed by atoms with E-state index in [1.54, 1.807) is 26.3 Å². The lowest BCUT2D eigenvalue weighted by atomic mass is 10.0. The molecule has 1 heterocycles. The highest BCUT2D eigenvalue weighted by Crippen LogP contribution is 2.25. The fraction of sp³-hybridized carbons (Fsp3) is 0.417. The molecule has 1 saturated heterocycles. The topological polar surface area (TPSA) is 92.0 Å². The molecule has 0 aromatic heterocycles. The van der Waals surface area contributed by atoms with E-state index in [9.17, 15) is 4.79 Å². The predicted octanol–water partition coefficient (Wildman–Crippen LogP) is 2.69. The molecular formula is C24H33N5O2. The normalized spacial score (nSPS) is 15.9. The van der Waals surface area contributed by atoms with E-state index in [4.69, 9.17) is 10.5 Å². The third kappa shape index (κ3) is 6.46. The molecule has 0 aliphatic carbocycles. The van der Waals surface area contributed by atoms with E-state index in [-0.39, 0.29) is 6.04 Å². The summed E-state index contributed by atoms with van der Waals surface area (Å²) in [4.78, 5) is 18.1. The zero-order valence-electron chi connectivity index (χ0n) is 18.4. The van der Waals surface area contributed by atoms with Crippen LogP contribution in [0.25, 0.3) is 0 Å². The third-order valence-corrected chi connectivity index (χ3v) is 5.72. The Hall–Kier alpha value is -3.06. The number of amides is 1. The number of carbonyl (C=O) groups excluding carboxylic acids is 1. The fourth-order valence-electron chi connectivity index (χ4n) is 3.90. The minimum absolute atomic E-state index is 0.264. The maximum absolute atomic E-state index is 11.2. The minimum atomic E-state index is -0.417. The molecule has 166 valence electrons. The summed E-state index contributed by atoms with van der Waals surface area (Å²) in [6.45, 7) is 3.58. The lowest BCUT2D eigenvalue weighted by Gasteiger charge is -2.35. The van der Waals surface area contributed by atoms with Gasteiger partial charge in [0.05, 0.1) is 13.2 Å². The molecule has 0 saturated carbocycles. The Morgan fingerprint density at radius 3 is 2.32 bits per heavy atom. The van der Waals surface area contributed by atoms with Gasteiger partial charge in [-0.1, -0.05) is 30.7 Å². The highest BCUT2D eigenvalue weighted by molar-refractivity contribution is 5.92. The molecule has 1 fully saturated rings. The van der Waals surface area contributed by atoms with Crippen molar-refractivity contribution in [2.45, 2.75) is 31.8 Å². The minimum Gasteiger partial charge on any atom is -0.497 e. The maximum atomic E-state index is 11.2. The molecule has 1 aliphatic heterocycles. The first-order valence-electron chi connectivity index (χ1n) is 10.8. The zero-order chi connectivity index (χ0) is 22.1. The van der Waals surface area contributed by atoms with Crippen LogP contribution in [0.5, 0.6) is 5.75 Å². The smallest absolute Gasteiger partial charge is 0.248 e. The molecule has 1 atom stereocenters. The second kappa shape index (κ2) is 11.4. The SMILES string of the molecule is CN=C(NCc1ccc(C(N)=O)cc1)NCC(c1ccc(OC)cc1)N1CCCCC1. The molecule has 7 heteroatoms.